The fraction of sp³-hybridized carbons (Fsp3) is 0.394. The summed E-state index contributed by atoms with van der Waals surface area (Å²) in [5.74, 6) is 1.26. The first-order valence-electron chi connectivity index (χ1n) is 14.3. The lowest BCUT2D eigenvalue weighted by molar-refractivity contribution is -0.138. The molecule has 0 spiro atoms. The van der Waals surface area contributed by atoms with E-state index in [2.05, 4.69) is 4.90 Å². The summed E-state index contributed by atoms with van der Waals surface area (Å²) in [4.78, 5) is 2.29. The predicted octanol–water partition coefficient (Wildman–Crippen LogP) is 9.11. The van der Waals surface area contributed by atoms with E-state index in [0.717, 1.165) is 78.8 Å². The van der Waals surface area contributed by atoms with Crippen molar-refractivity contribution in [2.45, 2.75) is 44.1 Å². The van der Waals surface area contributed by atoms with Crippen molar-refractivity contribution in [2.24, 2.45) is 17.8 Å². The van der Waals surface area contributed by atoms with E-state index < -0.39 is 23.5 Å². The van der Waals surface area contributed by atoms with E-state index in [1.807, 2.05) is 30.3 Å². The third-order valence-electron chi connectivity index (χ3n) is 8.92. The number of fused-ring (bicyclic) bond motifs is 4. The molecule has 0 radical (unpaired) electrons. The summed E-state index contributed by atoms with van der Waals surface area (Å²) in [6.45, 7) is 1.83. The highest BCUT2D eigenvalue weighted by molar-refractivity contribution is 5.99. The Balaban J connectivity index is 1.11. The molecular formula is C33H29F6NO2. The zero-order valence-electron chi connectivity index (χ0n) is 22.6. The molecule has 3 fully saturated rings. The van der Waals surface area contributed by atoms with Gasteiger partial charge < -0.3 is 14.4 Å². The lowest BCUT2D eigenvalue weighted by Gasteiger charge is -2.39. The summed E-state index contributed by atoms with van der Waals surface area (Å²) in [6, 6.07) is 17.1. The maximum Gasteiger partial charge on any atom is 0.416 e. The van der Waals surface area contributed by atoms with Gasteiger partial charge in [-0.25, -0.2) is 0 Å². The highest BCUT2D eigenvalue weighted by Crippen LogP contribution is 2.45. The van der Waals surface area contributed by atoms with Crippen molar-refractivity contribution < 1.29 is 35.8 Å². The average molecular weight is 586 g/mol. The lowest BCUT2D eigenvalue weighted by Crippen LogP contribution is -2.47. The molecule has 0 aromatic heterocycles. The molecule has 2 bridgehead atoms. The van der Waals surface area contributed by atoms with Crippen LogP contribution >= 0.6 is 0 Å². The third kappa shape index (κ3) is 5.34. The summed E-state index contributed by atoms with van der Waals surface area (Å²) in [7, 11) is 0. The minimum Gasteiger partial charge on any atom is -0.489 e. The van der Waals surface area contributed by atoms with E-state index in [4.69, 9.17) is 9.47 Å². The zero-order valence-corrected chi connectivity index (χ0v) is 22.6. The summed E-state index contributed by atoms with van der Waals surface area (Å²) in [5, 5.41) is 3.11. The van der Waals surface area contributed by atoms with Crippen molar-refractivity contribution in [3.8, 4) is 11.5 Å². The first-order valence-corrected chi connectivity index (χ1v) is 14.3. The van der Waals surface area contributed by atoms with Gasteiger partial charge in [-0.05, 0) is 108 Å². The summed E-state index contributed by atoms with van der Waals surface area (Å²) < 4.78 is 92.3. The Morgan fingerprint density at radius 2 is 1.21 bits per heavy atom. The molecule has 42 heavy (non-hydrogen) atoms. The number of rotatable bonds is 6. The van der Waals surface area contributed by atoms with Crippen LogP contribution in [0, 0.1) is 17.8 Å². The minimum atomic E-state index is -4.46. The normalized spacial score (nSPS) is 22.6. The van der Waals surface area contributed by atoms with Gasteiger partial charge in [0, 0.05) is 30.6 Å². The van der Waals surface area contributed by atoms with Crippen molar-refractivity contribution in [3.63, 3.8) is 0 Å². The molecule has 1 aliphatic heterocycles. The smallest absolute Gasteiger partial charge is 0.416 e. The Morgan fingerprint density at radius 1 is 0.619 bits per heavy atom. The van der Waals surface area contributed by atoms with Crippen molar-refractivity contribution in [3.05, 3.63) is 77.9 Å². The van der Waals surface area contributed by atoms with Crippen LogP contribution in [-0.4, -0.2) is 25.8 Å². The van der Waals surface area contributed by atoms with Crippen LogP contribution in [-0.2, 0) is 12.4 Å². The Labute approximate surface area is 239 Å². The second-order valence-corrected chi connectivity index (χ2v) is 11.9. The number of hydrogen-bond donors (Lipinski definition) is 0. The molecule has 2 unspecified atom stereocenters. The van der Waals surface area contributed by atoms with Crippen LogP contribution in [0.5, 0.6) is 11.5 Å². The first kappa shape index (κ1) is 27.2. The van der Waals surface area contributed by atoms with Gasteiger partial charge in [-0.3, -0.25) is 0 Å². The van der Waals surface area contributed by atoms with Crippen molar-refractivity contribution in [1.29, 1.82) is 0 Å². The van der Waals surface area contributed by atoms with E-state index in [1.54, 1.807) is 0 Å². The molecule has 1 heterocycles. The summed E-state index contributed by atoms with van der Waals surface area (Å²) in [5.41, 5.74) is -0.428. The maximum absolute atomic E-state index is 13.4. The van der Waals surface area contributed by atoms with Gasteiger partial charge in [0.2, 0.25) is 0 Å². The monoisotopic (exact) mass is 585 g/mol. The predicted molar refractivity (Wildman–Crippen MR) is 149 cm³/mol. The number of halogens is 6. The molecule has 4 aromatic rings. The number of piperidine rings is 1. The van der Waals surface area contributed by atoms with Crippen LogP contribution in [0.15, 0.2) is 66.7 Å². The number of benzene rings is 4. The number of anilines is 1. The Hall–Kier alpha value is -3.62. The highest BCUT2D eigenvalue weighted by Gasteiger charge is 2.44. The molecule has 3 aliphatic rings. The molecule has 0 amide bonds. The number of alkyl halides is 6. The van der Waals surface area contributed by atoms with Gasteiger partial charge in [0.25, 0.3) is 0 Å². The van der Waals surface area contributed by atoms with Crippen molar-refractivity contribution in [1.82, 2.24) is 0 Å². The van der Waals surface area contributed by atoms with E-state index in [1.165, 1.54) is 18.2 Å². The number of hydrogen-bond acceptors (Lipinski definition) is 3. The van der Waals surface area contributed by atoms with Gasteiger partial charge in [0.1, 0.15) is 6.10 Å². The first-order chi connectivity index (χ1) is 20.0. The van der Waals surface area contributed by atoms with E-state index in [9.17, 15) is 26.3 Å². The molecule has 1 saturated heterocycles. The highest BCUT2D eigenvalue weighted by atomic mass is 19.4. The van der Waals surface area contributed by atoms with Gasteiger partial charge in [-0.15, -0.1) is 0 Å². The second kappa shape index (κ2) is 9.99. The van der Waals surface area contributed by atoms with E-state index >= 15 is 0 Å². The van der Waals surface area contributed by atoms with Gasteiger partial charge >= 0.3 is 12.4 Å². The van der Waals surface area contributed by atoms with Crippen molar-refractivity contribution >= 4 is 27.2 Å². The molecule has 4 aromatic carbocycles. The van der Waals surface area contributed by atoms with Crippen LogP contribution in [0.25, 0.3) is 21.5 Å². The Kier molecular flexibility index (Phi) is 6.47. The van der Waals surface area contributed by atoms with Gasteiger partial charge in [0.15, 0.2) is 11.5 Å². The standard InChI is InChI=1S/C33H29F6NO2/c34-32(35,36)26-7-5-20-11-21-6-9-28(14-25(21)12-24(20)13-26)40-16-22-3-4-23(17-40)31(22)42-29-10-8-27(33(37,38)39)15-30(29)41-18-19-1-2-19/h5-15,19,22-23,31H,1-4,16-18H2. The molecule has 3 nitrogen and oxygen atoms in total. The summed E-state index contributed by atoms with van der Waals surface area (Å²) >= 11 is 0. The van der Waals surface area contributed by atoms with Crippen LogP contribution in [0.2, 0.25) is 0 Å². The molecule has 2 saturated carbocycles. The SMILES string of the molecule is FC(F)(F)c1ccc(OC2C3CCC2CN(c2ccc4cc5ccc(C(F)(F)F)cc5cc4c2)C3)c(OCC2CC2)c1. The molecule has 0 N–H and O–H groups in total. The molecule has 2 aliphatic carbocycles. The van der Waals surface area contributed by atoms with Gasteiger partial charge in [-0.1, -0.05) is 12.1 Å². The third-order valence-corrected chi connectivity index (χ3v) is 8.92. The van der Waals surface area contributed by atoms with E-state index in [-0.39, 0.29) is 23.7 Å². The number of ether oxygens (including phenoxy) is 2. The molecule has 7 rings (SSSR count). The fourth-order valence-corrected chi connectivity index (χ4v) is 6.47. The Bertz CT molecular complexity index is 1630. The average Bonchev–Trinajstić information content (AvgIpc) is 3.74. The zero-order chi connectivity index (χ0) is 29.2. The van der Waals surface area contributed by atoms with Crippen molar-refractivity contribution in [2.75, 3.05) is 24.6 Å². The van der Waals surface area contributed by atoms with Gasteiger partial charge in [0.05, 0.1) is 17.7 Å². The second-order valence-electron chi connectivity index (χ2n) is 11.9. The minimum absolute atomic E-state index is 0.133. The molecule has 220 valence electrons. The van der Waals surface area contributed by atoms with Crippen LogP contribution in [0.3, 0.4) is 0 Å². The van der Waals surface area contributed by atoms with Crippen LogP contribution in [0.4, 0.5) is 32.0 Å². The summed E-state index contributed by atoms with van der Waals surface area (Å²) in [6.07, 6.45) is -5.05. The van der Waals surface area contributed by atoms with Crippen LogP contribution in [0.1, 0.15) is 36.8 Å². The van der Waals surface area contributed by atoms with Gasteiger partial charge in [-0.2, -0.15) is 26.3 Å². The molecule has 2 atom stereocenters. The maximum atomic E-state index is 13.4. The largest absolute Gasteiger partial charge is 0.489 e. The topological polar surface area (TPSA) is 21.7 Å². The number of nitrogens with zero attached hydrogens (tertiary/aromatic N) is 1. The Morgan fingerprint density at radius 3 is 1.88 bits per heavy atom. The lowest BCUT2D eigenvalue weighted by atomic mass is 9.93. The molecule has 9 heteroatoms. The van der Waals surface area contributed by atoms with Crippen LogP contribution < -0.4 is 14.4 Å². The molecular weight excluding hydrogens is 556 g/mol. The fourth-order valence-electron chi connectivity index (χ4n) is 6.47. The quantitative estimate of drug-likeness (QED) is 0.166. The van der Waals surface area contributed by atoms with E-state index in [0.29, 0.717) is 23.7 Å².